The summed E-state index contributed by atoms with van der Waals surface area (Å²) in [7, 11) is -1.06. The summed E-state index contributed by atoms with van der Waals surface area (Å²) in [5, 5.41) is 6.35. The molecule has 0 aliphatic rings. The molecule has 0 aliphatic heterocycles. The van der Waals surface area contributed by atoms with Crippen LogP contribution >= 0.6 is 0 Å². The van der Waals surface area contributed by atoms with Gasteiger partial charge in [-0.25, -0.2) is 9.38 Å². The largest absolute Gasteiger partial charge is 0.485 e. The monoisotopic (exact) mass is 405 g/mol. The van der Waals surface area contributed by atoms with Crippen molar-refractivity contribution in [3.05, 3.63) is 60.4 Å². The van der Waals surface area contributed by atoms with Gasteiger partial charge in [-0.2, -0.15) is 0 Å². The van der Waals surface area contributed by atoms with Crippen LogP contribution in [0.5, 0.6) is 5.75 Å². The number of benzene rings is 2. The van der Waals surface area contributed by atoms with Crippen molar-refractivity contribution >= 4 is 16.8 Å². The molecule has 0 amide bonds. The van der Waals surface area contributed by atoms with Crippen molar-refractivity contribution in [3.63, 3.8) is 0 Å². The van der Waals surface area contributed by atoms with Gasteiger partial charge in [0, 0.05) is 23.7 Å². The smallest absolute Gasteiger partial charge is 0.191 e. The van der Waals surface area contributed by atoms with E-state index in [2.05, 4.69) is 15.6 Å². The first-order chi connectivity index (χ1) is 13.6. The molecule has 2 unspecified atom stereocenters. The lowest BCUT2D eigenvalue weighted by atomic mass is 10.2. The van der Waals surface area contributed by atoms with Gasteiger partial charge in [-0.05, 0) is 37.6 Å². The molecule has 2 rings (SSSR count). The normalized spacial score (nSPS) is 13.6. The zero-order chi connectivity index (χ0) is 20.2. The number of rotatable bonds is 10. The summed E-state index contributed by atoms with van der Waals surface area (Å²) in [6.07, 6.45) is 0.473. The van der Waals surface area contributed by atoms with Crippen LogP contribution < -0.4 is 15.4 Å². The van der Waals surface area contributed by atoms with Crippen LogP contribution in [0.3, 0.4) is 0 Å². The number of halogens is 1. The first-order valence-electron chi connectivity index (χ1n) is 9.50. The molecule has 0 saturated carbocycles. The summed E-state index contributed by atoms with van der Waals surface area (Å²) in [4.78, 5) is 5.34. The number of guanidine groups is 1. The molecule has 0 bridgehead atoms. The SMILES string of the molecule is CCNC(=NCC(CC)Oc1ccccc1F)NCCS(=O)c1ccccc1. The van der Waals surface area contributed by atoms with Crippen LogP contribution in [-0.2, 0) is 10.8 Å². The van der Waals surface area contributed by atoms with Crippen molar-refractivity contribution in [2.45, 2.75) is 31.3 Å². The van der Waals surface area contributed by atoms with E-state index in [4.69, 9.17) is 4.74 Å². The molecule has 0 saturated heterocycles. The summed E-state index contributed by atoms with van der Waals surface area (Å²) in [6, 6.07) is 15.8. The molecule has 28 heavy (non-hydrogen) atoms. The molecule has 0 heterocycles. The van der Waals surface area contributed by atoms with E-state index in [1.54, 1.807) is 18.2 Å². The van der Waals surface area contributed by atoms with Crippen molar-refractivity contribution in [2.75, 3.05) is 25.4 Å². The first kappa shape index (κ1) is 21.9. The van der Waals surface area contributed by atoms with E-state index in [0.29, 0.717) is 37.8 Å². The number of nitrogens with one attached hydrogen (secondary N) is 2. The zero-order valence-corrected chi connectivity index (χ0v) is 17.2. The molecule has 152 valence electrons. The van der Waals surface area contributed by atoms with Gasteiger partial charge in [-0.15, -0.1) is 0 Å². The van der Waals surface area contributed by atoms with Gasteiger partial charge in [0.1, 0.15) is 6.10 Å². The fourth-order valence-electron chi connectivity index (χ4n) is 2.46. The predicted octanol–water partition coefficient (Wildman–Crippen LogP) is 3.35. The molecule has 2 aromatic rings. The highest BCUT2D eigenvalue weighted by molar-refractivity contribution is 7.85. The van der Waals surface area contributed by atoms with Crippen LogP contribution in [0, 0.1) is 5.82 Å². The average molecular weight is 406 g/mol. The second-order valence-corrected chi connectivity index (χ2v) is 7.66. The van der Waals surface area contributed by atoms with Crippen LogP contribution in [-0.4, -0.2) is 41.7 Å². The summed E-state index contributed by atoms with van der Waals surface area (Å²) >= 11 is 0. The standard InChI is InChI=1S/C21H28FN3O2S/c1-3-17(27-20-13-9-8-12-19(20)22)16-25-21(23-4-2)24-14-15-28(26)18-10-6-5-7-11-18/h5-13,17H,3-4,14-16H2,1-2H3,(H2,23,24,25). The molecule has 0 spiro atoms. The highest BCUT2D eigenvalue weighted by Crippen LogP contribution is 2.18. The van der Waals surface area contributed by atoms with E-state index in [-0.39, 0.29) is 17.7 Å². The van der Waals surface area contributed by atoms with Crippen molar-refractivity contribution in [1.29, 1.82) is 0 Å². The minimum atomic E-state index is -1.06. The fourth-order valence-corrected chi connectivity index (χ4v) is 3.44. The third-order valence-electron chi connectivity index (χ3n) is 3.97. The van der Waals surface area contributed by atoms with Crippen LogP contribution in [0.4, 0.5) is 4.39 Å². The van der Waals surface area contributed by atoms with E-state index in [1.165, 1.54) is 6.07 Å². The van der Waals surface area contributed by atoms with Gasteiger partial charge in [0.25, 0.3) is 0 Å². The minimum absolute atomic E-state index is 0.231. The molecule has 2 N–H and O–H groups in total. The molecule has 0 fully saturated rings. The lowest BCUT2D eigenvalue weighted by Gasteiger charge is -2.17. The number of nitrogens with zero attached hydrogens (tertiary/aromatic N) is 1. The van der Waals surface area contributed by atoms with Crippen molar-refractivity contribution in [3.8, 4) is 5.75 Å². The van der Waals surface area contributed by atoms with Crippen molar-refractivity contribution < 1.29 is 13.3 Å². The predicted molar refractivity (Wildman–Crippen MR) is 113 cm³/mol. The Morgan fingerprint density at radius 1 is 1.11 bits per heavy atom. The Kier molecular flexibility index (Phi) is 9.48. The number of hydrogen-bond donors (Lipinski definition) is 2. The maximum absolute atomic E-state index is 13.8. The van der Waals surface area contributed by atoms with E-state index in [1.807, 2.05) is 44.2 Å². The van der Waals surface area contributed by atoms with Gasteiger partial charge < -0.3 is 15.4 Å². The van der Waals surface area contributed by atoms with Crippen LogP contribution in [0.25, 0.3) is 0 Å². The highest BCUT2D eigenvalue weighted by Gasteiger charge is 2.11. The molecular formula is C21H28FN3O2S. The molecular weight excluding hydrogens is 377 g/mol. The Hall–Kier alpha value is -2.41. The molecule has 0 aromatic heterocycles. The molecule has 2 aromatic carbocycles. The van der Waals surface area contributed by atoms with Crippen molar-refractivity contribution in [2.24, 2.45) is 4.99 Å². The van der Waals surface area contributed by atoms with E-state index >= 15 is 0 Å². The summed E-state index contributed by atoms with van der Waals surface area (Å²) in [5.74, 6) is 0.972. The Labute approximate surface area is 168 Å². The summed E-state index contributed by atoms with van der Waals surface area (Å²) in [6.45, 7) is 5.58. The minimum Gasteiger partial charge on any atom is -0.485 e. The maximum atomic E-state index is 13.8. The third kappa shape index (κ3) is 7.31. The molecule has 7 heteroatoms. The fraction of sp³-hybridized carbons (Fsp3) is 0.381. The molecule has 0 radical (unpaired) electrons. The second-order valence-electron chi connectivity index (χ2n) is 6.09. The molecule has 0 aliphatic carbocycles. The van der Waals surface area contributed by atoms with Gasteiger partial charge in [-0.1, -0.05) is 37.3 Å². The van der Waals surface area contributed by atoms with E-state index in [9.17, 15) is 8.60 Å². The Morgan fingerprint density at radius 3 is 2.50 bits per heavy atom. The number of aliphatic imine (C=N–C) groups is 1. The lowest BCUT2D eigenvalue weighted by Crippen LogP contribution is -2.40. The lowest BCUT2D eigenvalue weighted by molar-refractivity contribution is 0.196. The Balaban J connectivity index is 1.87. The van der Waals surface area contributed by atoms with Gasteiger partial charge in [0.05, 0.1) is 17.3 Å². The topological polar surface area (TPSA) is 62.7 Å². The molecule has 5 nitrogen and oxygen atoms in total. The van der Waals surface area contributed by atoms with Crippen molar-refractivity contribution in [1.82, 2.24) is 10.6 Å². The second kappa shape index (κ2) is 12.1. The van der Waals surface area contributed by atoms with Gasteiger partial charge in [-0.3, -0.25) is 4.21 Å². The van der Waals surface area contributed by atoms with Gasteiger partial charge in [0.2, 0.25) is 0 Å². The summed E-state index contributed by atoms with van der Waals surface area (Å²) < 4.78 is 31.8. The Bertz CT molecular complexity index is 771. The van der Waals surface area contributed by atoms with Gasteiger partial charge >= 0.3 is 0 Å². The summed E-state index contributed by atoms with van der Waals surface area (Å²) in [5.41, 5.74) is 0. The first-order valence-corrected chi connectivity index (χ1v) is 10.8. The Morgan fingerprint density at radius 2 is 1.82 bits per heavy atom. The maximum Gasteiger partial charge on any atom is 0.191 e. The van der Waals surface area contributed by atoms with E-state index < -0.39 is 10.8 Å². The average Bonchev–Trinajstić information content (AvgIpc) is 2.72. The van der Waals surface area contributed by atoms with E-state index in [0.717, 1.165) is 4.90 Å². The number of para-hydroxylation sites is 1. The number of hydrogen-bond acceptors (Lipinski definition) is 3. The zero-order valence-electron chi connectivity index (χ0n) is 16.4. The van der Waals surface area contributed by atoms with Crippen LogP contribution in [0.1, 0.15) is 20.3 Å². The molecule has 2 atom stereocenters. The van der Waals surface area contributed by atoms with Crippen LogP contribution in [0.2, 0.25) is 0 Å². The van der Waals surface area contributed by atoms with Crippen LogP contribution in [0.15, 0.2) is 64.5 Å². The number of ether oxygens (including phenoxy) is 1. The quantitative estimate of drug-likeness (QED) is 0.470. The van der Waals surface area contributed by atoms with Gasteiger partial charge in [0.15, 0.2) is 17.5 Å². The third-order valence-corrected chi connectivity index (χ3v) is 5.34. The highest BCUT2D eigenvalue weighted by atomic mass is 32.2.